The number of fused-ring (bicyclic) bond motifs is 7. The first kappa shape index (κ1) is 40.4. The lowest BCUT2D eigenvalue weighted by Crippen LogP contribution is -2.63. The number of hydrogen-bond donors (Lipinski definition) is 2. The average Bonchev–Trinajstić information content (AvgIpc) is 3.34. The molecule has 0 heterocycles. The zero-order chi connectivity index (χ0) is 38.7. The molecule has 0 aliphatic heterocycles. The maximum atomic E-state index is 14.1. The van der Waals surface area contributed by atoms with Crippen LogP contribution in [0.5, 0.6) is 0 Å². The van der Waals surface area contributed by atoms with Gasteiger partial charge < -0.3 is 20.1 Å². The molecule has 6 aliphatic carbocycles. The molecule has 5 saturated carbocycles. The molecule has 8 nitrogen and oxygen atoms in total. The van der Waals surface area contributed by atoms with Crippen LogP contribution in [0, 0.1) is 62.6 Å². The minimum atomic E-state index is -1.15. The summed E-state index contributed by atoms with van der Waals surface area (Å²) in [5.41, 5.74) is 1.67. The summed E-state index contributed by atoms with van der Waals surface area (Å²) in [4.78, 5) is 53.2. The number of aliphatic carboxylic acids is 1. The van der Waals surface area contributed by atoms with Crippen LogP contribution in [-0.4, -0.2) is 65.9 Å². The fourth-order valence-electron chi connectivity index (χ4n) is 13.7. The molecule has 6 aliphatic rings. The predicted octanol–water partition coefficient (Wildman–Crippen LogP) is 8.62. The van der Waals surface area contributed by atoms with Crippen LogP contribution in [0.15, 0.2) is 11.1 Å². The number of rotatable bonds is 13. The number of Topliss-reactive ketones (excluding diaryl/α,β-unsaturated/α-hetero) is 1. The number of carbonyl (C=O) groups excluding carboxylic acids is 3. The third kappa shape index (κ3) is 7.30. The van der Waals surface area contributed by atoms with Crippen LogP contribution >= 0.6 is 0 Å². The molecule has 0 radical (unpaired) electrons. The lowest BCUT2D eigenvalue weighted by Gasteiger charge is -2.69. The van der Waals surface area contributed by atoms with Gasteiger partial charge in [-0.15, -0.1) is 0 Å². The minimum absolute atomic E-state index is 0.0304. The van der Waals surface area contributed by atoms with E-state index >= 15 is 0 Å². The van der Waals surface area contributed by atoms with Crippen LogP contribution in [-0.2, 0) is 23.9 Å². The molecule has 6 rings (SSSR count). The van der Waals surface area contributed by atoms with Crippen LogP contribution in [0.2, 0.25) is 0 Å². The molecule has 8 unspecified atom stereocenters. The Morgan fingerprint density at radius 2 is 1.62 bits per heavy atom. The summed E-state index contributed by atoms with van der Waals surface area (Å²) in [5, 5.41) is 12.6. The van der Waals surface area contributed by atoms with Gasteiger partial charge in [0.1, 0.15) is 6.10 Å². The molecule has 8 heteroatoms. The molecular formula is C45H72N2O6. The molecule has 2 N–H and O–H groups in total. The molecule has 5 fully saturated rings. The molecule has 53 heavy (non-hydrogen) atoms. The van der Waals surface area contributed by atoms with E-state index in [1.165, 1.54) is 44.1 Å². The van der Waals surface area contributed by atoms with Crippen LogP contribution in [0.25, 0.3) is 0 Å². The Bertz CT molecular complexity index is 1480. The van der Waals surface area contributed by atoms with Crippen molar-refractivity contribution in [3.05, 3.63) is 11.1 Å². The van der Waals surface area contributed by atoms with Gasteiger partial charge in [0, 0.05) is 43.8 Å². The number of nitrogens with one attached hydrogen (secondary N) is 1. The highest BCUT2D eigenvalue weighted by Crippen LogP contribution is 2.73. The highest BCUT2D eigenvalue weighted by molar-refractivity contribution is 6.00. The van der Waals surface area contributed by atoms with Gasteiger partial charge in [0.05, 0.1) is 11.8 Å². The number of allylic oxidation sites excluding steroid dienone is 2. The monoisotopic (exact) mass is 737 g/mol. The molecule has 0 aromatic carbocycles. The second kappa shape index (κ2) is 14.7. The fraction of sp³-hybridized carbons (Fsp3) is 0.867. The van der Waals surface area contributed by atoms with Gasteiger partial charge in [-0.3, -0.25) is 19.2 Å². The standard InChI is InChI=1S/C45H72N2O6/c1-28(2)38-33(49)25-45(21-23-47(24-22-46-29(3)48)27-30-11-10-12-30)20-15-32-31(39(38)45)13-14-35-43(32,8)18-16-34-42(6,7)36(17-19-44(34,35)9)53-37(50)26-41(4,5)40(51)52/h28,30-32,34-36H,10-27H2,1-9H3,(H,46,48)(H,51,52). The van der Waals surface area contributed by atoms with Crippen molar-refractivity contribution in [2.75, 3.05) is 26.2 Å². The Kier molecular flexibility index (Phi) is 11.2. The molecule has 1 amide bonds. The van der Waals surface area contributed by atoms with E-state index < -0.39 is 17.4 Å². The van der Waals surface area contributed by atoms with Crippen molar-refractivity contribution in [3.8, 4) is 0 Å². The van der Waals surface area contributed by atoms with Gasteiger partial charge >= 0.3 is 11.9 Å². The van der Waals surface area contributed by atoms with Crippen LogP contribution in [0.1, 0.15) is 152 Å². The molecule has 8 atom stereocenters. The first-order chi connectivity index (χ1) is 24.7. The van der Waals surface area contributed by atoms with E-state index in [9.17, 15) is 24.3 Å². The maximum Gasteiger partial charge on any atom is 0.309 e. The third-order valence-electron chi connectivity index (χ3n) is 16.6. The minimum Gasteiger partial charge on any atom is -0.481 e. The Labute approximate surface area is 320 Å². The average molecular weight is 737 g/mol. The van der Waals surface area contributed by atoms with Crippen molar-refractivity contribution in [1.82, 2.24) is 10.2 Å². The molecule has 0 spiro atoms. The summed E-state index contributed by atoms with van der Waals surface area (Å²) in [5.74, 6) is 2.10. The molecular weight excluding hydrogens is 665 g/mol. The van der Waals surface area contributed by atoms with Crippen LogP contribution in [0.3, 0.4) is 0 Å². The summed E-state index contributed by atoms with van der Waals surface area (Å²) in [6.07, 6.45) is 14.1. The van der Waals surface area contributed by atoms with E-state index in [2.05, 4.69) is 51.8 Å². The van der Waals surface area contributed by atoms with Crippen molar-refractivity contribution in [3.63, 3.8) is 0 Å². The number of carboxylic acids is 1. The lowest BCUT2D eigenvalue weighted by atomic mass is 9.36. The molecule has 0 aromatic rings. The largest absolute Gasteiger partial charge is 0.481 e. The summed E-state index contributed by atoms with van der Waals surface area (Å²) in [6, 6.07) is 0. The zero-order valence-corrected chi connectivity index (χ0v) is 34.7. The maximum absolute atomic E-state index is 14.1. The fourth-order valence-corrected chi connectivity index (χ4v) is 13.7. The normalized spacial score (nSPS) is 36.7. The topological polar surface area (TPSA) is 113 Å². The second-order valence-corrected chi connectivity index (χ2v) is 20.9. The smallest absolute Gasteiger partial charge is 0.309 e. The second-order valence-electron chi connectivity index (χ2n) is 20.9. The highest BCUT2D eigenvalue weighted by atomic mass is 16.5. The van der Waals surface area contributed by atoms with E-state index in [0.29, 0.717) is 42.4 Å². The predicted molar refractivity (Wildman–Crippen MR) is 208 cm³/mol. The number of ether oxygens (including phenoxy) is 1. The Morgan fingerprint density at radius 3 is 2.25 bits per heavy atom. The zero-order valence-electron chi connectivity index (χ0n) is 34.7. The van der Waals surface area contributed by atoms with Gasteiger partial charge in [-0.1, -0.05) is 53.5 Å². The third-order valence-corrected chi connectivity index (χ3v) is 16.6. The van der Waals surface area contributed by atoms with E-state index in [0.717, 1.165) is 64.1 Å². The number of nitrogens with zero attached hydrogens (tertiary/aromatic N) is 1. The van der Waals surface area contributed by atoms with Crippen molar-refractivity contribution in [2.45, 2.75) is 158 Å². The first-order valence-electron chi connectivity index (χ1n) is 21.4. The van der Waals surface area contributed by atoms with E-state index in [-0.39, 0.29) is 46.0 Å². The van der Waals surface area contributed by atoms with Crippen molar-refractivity contribution >= 4 is 23.6 Å². The van der Waals surface area contributed by atoms with Crippen molar-refractivity contribution < 1.29 is 29.0 Å². The highest BCUT2D eigenvalue weighted by Gasteiger charge is 2.66. The van der Waals surface area contributed by atoms with Gasteiger partial charge in [0.15, 0.2) is 5.78 Å². The summed E-state index contributed by atoms with van der Waals surface area (Å²) in [7, 11) is 0. The number of carbonyl (C=O) groups is 4. The quantitative estimate of drug-likeness (QED) is 0.182. The van der Waals surface area contributed by atoms with Gasteiger partial charge in [-0.05, 0) is 143 Å². The van der Waals surface area contributed by atoms with Gasteiger partial charge in [0.2, 0.25) is 5.91 Å². The summed E-state index contributed by atoms with van der Waals surface area (Å²) >= 11 is 0. The molecule has 0 saturated heterocycles. The van der Waals surface area contributed by atoms with E-state index in [1.54, 1.807) is 26.3 Å². The Balaban J connectivity index is 1.22. The molecule has 298 valence electrons. The van der Waals surface area contributed by atoms with Gasteiger partial charge in [-0.25, -0.2) is 0 Å². The molecule has 0 bridgehead atoms. The number of esters is 1. The first-order valence-corrected chi connectivity index (χ1v) is 21.4. The van der Waals surface area contributed by atoms with Crippen LogP contribution < -0.4 is 5.32 Å². The number of carboxylic acid groups (broad SMARTS) is 1. The van der Waals surface area contributed by atoms with Gasteiger partial charge in [-0.2, -0.15) is 0 Å². The Hall–Kier alpha value is -2.22. The van der Waals surface area contributed by atoms with Crippen molar-refractivity contribution in [2.24, 2.45) is 62.6 Å². The number of amides is 1. The molecule has 0 aromatic heterocycles. The van der Waals surface area contributed by atoms with E-state index in [1.807, 2.05) is 0 Å². The Morgan fingerprint density at radius 1 is 0.925 bits per heavy atom. The van der Waals surface area contributed by atoms with Gasteiger partial charge in [0.25, 0.3) is 0 Å². The lowest BCUT2D eigenvalue weighted by molar-refractivity contribution is -0.214. The number of ketones is 1. The summed E-state index contributed by atoms with van der Waals surface area (Å²) in [6.45, 7) is 22.7. The van der Waals surface area contributed by atoms with E-state index in [4.69, 9.17) is 4.74 Å². The van der Waals surface area contributed by atoms with Crippen molar-refractivity contribution in [1.29, 1.82) is 0 Å². The SMILES string of the molecule is CC(=O)NCCN(CCC12CCC3C(CCC4C3(C)CCC3C(C)(C)C(OC(=O)CC(C)(C)C(=O)O)CCC34C)C1=C(C(C)C)C(=O)C2)CC1CCC1. The van der Waals surface area contributed by atoms with Crippen LogP contribution in [0.4, 0.5) is 0 Å². The number of hydrogen-bond acceptors (Lipinski definition) is 6. The summed E-state index contributed by atoms with van der Waals surface area (Å²) < 4.78 is 6.18.